The summed E-state index contributed by atoms with van der Waals surface area (Å²) < 4.78 is 0. The fourth-order valence-electron chi connectivity index (χ4n) is 1.60. The van der Waals surface area contributed by atoms with Crippen molar-refractivity contribution in [2.24, 2.45) is 0 Å². The van der Waals surface area contributed by atoms with Gasteiger partial charge >= 0.3 is 0 Å². The second-order valence-electron chi connectivity index (χ2n) is 3.93. The smallest absolute Gasteiger partial charge is 0.156 e. The summed E-state index contributed by atoms with van der Waals surface area (Å²) in [5, 5.41) is 1.41. The zero-order valence-electron chi connectivity index (χ0n) is 8.49. The minimum Gasteiger partial charge on any atom is -0.352 e. The van der Waals surface area contributed by atoms with Gasteiger partial charge in [0.1, 0.15) is 0 Å². The van der Waals surface area contributed by atoms with Crippen LogP contribution < -0.4 is 10.6 Å². The molecule has 1 heterocycles. The van der Waals surface area contributed by atoms with Gasteiger partial charge in [0.05, 0.1) is 5.45 Å². The van der Waals surface area contributed by atoms with Gasteiger partial charge in [-0.25, -0.2) is 4.98 Å². The molecule has 0 atom stereocenters. The molecule has 0 radical (unpaired) electrons. The molecule has 0 saturated carbocycles. The molecular formula is C11H14N2Si. The number of hydrogen-bond donors (Lipinski definition) is 1. The molecule has 14 heavy (non-hydrogen) atoms. The van der Waals surface area contributed by atoms with Crippen LogP contribution in [0, 0.1) is 0 Å². The van der Waals surface area contributed by atoms with Crippen molar-refractivity contribution >= 4 is 18.7 Å². The number of nitrogens with one attached hydrogen (secondary N) is 1. The number of benzene rings is 1. The Hall–Kier alpha value is -1.35. The van der Waals surface area contributed by atoms with Gasteiger partial charge in [0.15, 0.2) is 8.07 Å². The minimum atomic E-state index is -1.57. The van der Waals surface area contributed by atoms with Crippen LogP contribution in [0.4, 0.5) is 0 Å². The molecule has 0 aliphatic heterocycles. The molecule has 0 unspecified atom stereocenters. The maximum atomic E-state index is 4.37. The Morgan fingerprint density at radius 1 is 1.14 bits per heavy atom. The maximum Gasteiger partial charge on any atom is 0.156 e. The normalized spacial score (nSPS) is 11.6. The van der Waals surface area contributed by atoms with E-state index in [0.717, 1.165) is 5.45 Å². The van der Waals surface area contributed by atoms with Crippen molar-refractivity contribution in [3.63, 3.8) is 0 Å². The van der Waals surface area contributed by atoms with E-state index >= 15 is 0 Å². The number of aromatic nitrogens is 2. The van der Waals surface area contributed by atoms with Crippen LogP contribution in [0.1, 0.15) is 0 Å². The minimum absolute atomic E-state index is 1.14. The maximum absolute atomic E-state index is 4.37. The molecule has 0 aliphatic carbocycles. The highest BCUT2D eigenvalue weighted by atomic mass is 28.3. The first kappa shape index (κ1) is 9.21. The van der Waals surface area contributed by atoms with Crippen molar-refractivity contribution in [2.75, 3.05) is 0 Å². The fourth-order valence-corrected chi connectivity index (χ4v) is 3.74. The van der Waals surface area contributed by atoms with Gasteiger partial charge in [0.2, 0.25) is 0 Å². The zero-order valence-corrected chi connectivity index (χ0v) is 9.49. The van der Waals surface area contributed by atoms with E-state index in [1.165, 1.54) is 5.19 Å². The Kier molecular flexibility index (Phi) is 2.25. The fraction of sp³-hybridized carbons (Fsp3) is 0.182. The standard InChI is InChI=1S/C11H14N2Si/c1-14(2,11-12-8-9-13-11)10-6-4-3-5-7-10/h3-9H,1-2H3,(H,12,13). The van der Waals surface area contributed by atoms with Crippen molar-refractivity contribution in [1.29, 1.82) is 0 Å². The van der Waals surface area contributed by atoms with Gasteiger partial charge in [-0.3, -0.25) is 0 Å². The largest absolute Gasteiger partial charge is 0.352 e. The average Bonchev–Trinajstić information content (AvgIpc) is 2.72. The monoisotopic (exact) mass is 202 g/mol. The summed E-state index contributed by atoms with van der Waals surface area (Å²) in [4.78, 5) is 7.60. The number of imidazole rings is 1. The summed E-state index contributed by atoms with van der Waals surface area (Å²) in [5.74, 6) is 0. The third-order valence-electron chi connectivity index (χ3n) is 2.59. The molecule has 0 amide bonds. The molecule has 1 aromatic heterocycles. The van der Waals surface area contributed by atoms with Crippen LogP contribution in [0.2, 0.25) is 13.1 Å². The second kappa shape index (κ2) is 3.42. The molecular weight excluding hydrogens is 188 g/mol. The number of H-pyrrole nitrogens is 1. The molecule has 3 heteroatoms. The molecule has 72 valence electrons. The lowest BCUT2D eigenvalue weighted by Crippen LogP contribution is -2.54. The summed E-state index contributed by atoms with van der Waals surface area (Å²) in [5.41, 5.74) is 1.14. The molecule has 1 N–H and O–H groups in total. The van der Waals surface area contributed by atoms with Crippen molar-refractivity contribution in [2.45, 2.75) is 13.1 Å². The van der Waals surface area contributed by atoms with Crippen molar-refractivity contribution in [1.82, 2.24) is 9.97 Å². The predicted octanol–water partition coefficient (Wildman–Crippen LogP) is 1.23. The van der Waals surface area contributed by atoms with E-state index in [1.807, 2.05) is 12.4 Å². The summed E-state index contributed by atoms with van der Waals surface area (Å²) >= 11 is 0. The third-order valence-corrected chi connectivity index (χ3v) is 5.82. The quantitative estimate of drug-likeness (QED) is 0.729. The molecule has 0 saturated heterocycles. The first-order chi connectivity index (χ1) is 6.71. The first-order valence-electron chi connectivity index (χ1n) is 4.76. The lowest BCUT2D eigenvalue weighted by atomic mass is 10.4. The predicted molar refractivity (Wildman–Crippen MR) is 61.8 cm³/mol. The highest BCUT2D eigenvalue weighted by Gasteiger charge is 2.28. The Balaban J connectivity index is 2.43. The van der Waals surface area contributed by atoms with E-state index in [4.69, 9.17) is 0 Å². The number of rotatable bonds is 2. The summed E-state index contributed by atoms with van der Waals surface area (Å²) in [6.07, 6.45) is 3.72. The third kappa shape index (κ3) is 1.51. The van der Waals surface area contributed by atoms with Crippen LogP contribution in [-0.4, -0.2) is 18.0 Å². The number of hydrogen-bond acceptors (Lipinski definition) is 1. The highest BCUT2D eigenvalue weighted by Crippen LogP contribution is 2.01. The molecule has 0 bridgehead atoms. The van der Waals surface area contributed by atoms with Crippen molar-refractivity contribution < 1.29 is 0 Å². The van der Waals surface area contributed by atoms with Crippen LogP contribution in [0.3, 0.4) is 0 Å². The molecule has 0 aliphatic rings. The van der Waals surface area contributed by atoms with E-state index in [0.29, 0.717) is 0 Å². The summed E-state index contributed by atoms with van der Waals surface area (Å²) in [7, 11) is -1.57. The highest BCUT2D eigenvalue weighted by molar-refractivity contribution is 6.99. The van der Waals surface area contributed by atoms with E-state index in [9.17, 15) is 0 Å². The van der Waals surface area contributed by atoms with E-state index in [-0.39, 0.29) is 0 Å². The van der Waals surface area contributed by atoms with Gasteiger partial charge in [-0.15, -0.1) is 0 Å². The molecule has 2 rings (SSSR count). The first-order valence-corrected chi connectivity index (χ1v) is 7.76. The Labute approximate surface area is 85.0 Å². The molecule has 2 nitrogen and oxygen atoms in total. The molecule has 2 aromatic rings. The summed E-state index contributed by atoms with van der Waals surface area (Å²) in [6, 6.07) is 10.6. The van der Waals surface area contributed by atoms with Gasteiger partial charge in [-0.1, -0.05) is 48.6 Å². The van der Waals surface area contributed by atoms with Crippen LogP contribution in [0.25, 0.3) is 0 Å². The lowest BCUT2D eigenvalue weighted by molar-refractivity contribution is 1.37. The Morgan fingerprint density at radius 2 is 1.86 bits per heavy atom. The van der Waals surface area contributed by atoms with Crippen molar-refractivity contribution in [3.05, 3.63) is 42.7 Å². The van der Waals surface area contributed by atoms with Crippen LogP contribution in [0.15, 0.2) is 42.7 Å². The lowest BCUT2D eigenvalue weighted by Gasteiger charge is -2.19. The van der Waals surface area contributed by atoms with Crippen LogP contribution in [0.5, 0.6) is 0 Å². The molecule has 0 fully saturated rings. The molecule has 1 aromatic carbocycles. The SMILES string of the molecule is C[Si](C)(c1ccccc1)c1ncc[nH]1. The van der Waals surface area contributed by atoms with Crippen LogP contribution in [-0.2, 0) is 0 Å². The van der Waals surface area contributed by atoms with E-state index in [1.54, 1.807) is 0 Å². The van der Waals surface area contributed by atoms with Gasteiger partial charge < -0.3 is 4.98 Å². The van der Waals surface area contributed by atoms with Gasteiger partial charge in [-0.05, 0) is 0 Å². The summed E-state index contributed by atoms with van der Waals surface area (Å²) in [6.45, 7) is 4.61. The molecule has 0 spiro atoms. The average molecular weight is 202 g/mol. The van der Waals surface area contributed by atoms with Gasteiger partial charge in [-0.2, -0.15) is 0 Å². The zero-order chi connectivity index (χ0) is 10.0. The van der Waals surface area contributed by atoms with E-state index < -0.39 is 8.07 Å². The second-order valence-corrected chi connectivity index (χ2v) is 8.23. The topological polar surface area (TPSA) is 28.7 Å². The van der Waals surface area contributed by atoms with E-state index in [2.05, 4.69) is 53.4 Å². The van der Waals surface area contributed by atoms with Crippen molar-refractivity contribution in [3.8, 4) is 0 Å². The van der Waals surface area contributed by atoms with Gasteiger partial charge in [0.25, 0.3) is 0 Å². The number of aromatic amines is 1. The Bertz CT molecular complexity index is 392. The van der Waals surface area contributed by atoms with Gasteiger partial charge in [0, 0.05) is 12.4 Å². The Morgan fingerprint density at radius 3 is 2.43 bits per heavy atom. The number of nitrogens with zero attached hydrogens (tertiary/aromatic N) is 1. The van der Waals surface area contributed by atoms with Crippen LogP contribution >= 0.6 is 0 Å².